The number of carbonyl (C=O) groups excluding carboxylic acids is 7. The molecule has 1 heterocycles. The summed E-state index contributed by atoms with van der Waals surface area (Å²) in [6.07, 6.45) is 10.8. The predicted octanol–water partition coefficient (Wildman–Crippen LogP) is 7.51. The smallest absolute Gasteiger partial charge is 0.329 e. The van der Waals surface area contributed by atoms with Crippen LogP contribution in [0.25, 0.3) is 0 Å². The van der Waals surface area contributed by atoms with E-state index >= 15 is 0 Å². The van der Waals surface area contributed by atoms with Crippen LogP contribution in [0.3, 0.4) is 0 Å². The van der Waals surface area contributed by atoms with E-state index in [1.807, 2.05) is 40.7 Å². The van der Waals surface area contributed by atoms with E-state index in [1.165, 1.54) is 28.7 Å². The van der Waals surface area contributed by atoms with Crippen molar-refractivity contribution in [2.75, 3.05) is 21.1 Å². The molecule has 5 amide bonds. The number of nitriles is 1. The Kier molecular flexibility index (Phi) is 25.2. The zero-order valence-electron chi connectivity index (χ0n) is 41.5. The maximum absolute atomic E-state index is 14.8. The van der Waals surface area contributed by atoms with Gasteiger partial charge in [0, 0.05) is 46.3 Å². The van der Waals surface area contributed by atoms with Gasteiger partial charge in [-0.3, -0.25) is 28.8 Å². The Balaban J connectivity index is 2.84. The number of nitrogens with one attached hydrogen (secondary N) is 2. The first-order valence-electron chi connectivity index (χ1n) is 24.8. The molecule has 1 saturated carbocycles. The Morgan fingerprint density at radius 3 is 1.73 bits per heavy atom. The molecule has 0 aromatic rings. The minimum atomic E-state index is -1.45. The molecule has 0 aromatic carbocycles. The molecule has 64 heavy (non-hydrogen) atoms. The topological polar surface area (TPSA) is 186 Å². The lowest BCUT2D eigenvalue weighted by atomic mass is 9.83. The van der Waals surface area contributed by atoms with Gasteiger partial charge in [0.15, 0.2) is 11.9 Å². The number of hydrogen-bond donors (Lipinski definition) is 2. The minimum Gasteiger partial charge on any atom is -0.451 e. The number of cyclic esters (lactones) is 1. The molecule has 9 atom stereocenters. The van der Waals surface area contributed by atoms with Crippen LogP contribution in [0.2, 0.25) is 0 Å². The summed E-state index contributed by atoms with van der Waals surface area (Å²) in [4.78, 5) is 106. The molecular weight excluding hydrogens is 813 g/mol. The van der Waals surface area contributed by atoms with Crippen LogP contribution < -0.4 is 10.6 Å². The molecule has 0 radical (unpaired) electrons. The molecule has 2 fully saturated rings. The highest BCUT2D eigenvalue weighted by atomic mass is 16.5. The summed E-state index contributed by atoms with van der Waals surface area (Å²) in [5.74, 6) is -4.25. The summed E-state index contributed by atoms with van der Waals surface area (Å²) in [5.41, 5.74) is 0. The van der Waals surface area contributed by atoms with Gasteiger partial charge in [0.05, 0.1) is 12.1 Å². The molecule has 14 nitrogen and oxygen atoms in total. The Morgan fingerprint density at radius 1 is 0.688 bits per heavy atom. The molecule has 0 aromatic heterocycles. The Bertz CT molecular complexity index is 1560. The van der Waals surface area contributed by atoms with E-state index in [0.29, 0.717) is 32.1 Å². The molecule has 0 bridgehead atoms. The van der Waals surface area contributed by atoms with Gasteiger partial charge in [-0.2, -0.15) is 5.26 Å². The number of amides is 5. The molecule has 0 spiro atoms. The first kappa shape index (κ1) is 56.1. The molecule has 14 heteroatoms. The third-order valence-corrected chi connectivity index (χ3v) is 13.7. The van der Waals surface area contributed by atoms with Gasteiger partial charge in [-0.15, -0.1) is 0 Å². The van der Waals surface area contributed by atoms with Crippen molar-refractivity contribution in [1.82, 2.24) is 25.3 Å². The Hall–Kier alpha value is -4.02. The number of unbranched alkanes of at least 4 members (excludes halogenated alkanes) is 2. The van der Waals surface area contributed by atoms with Crippen LogP contribution in [0.15, 0.2) is 0 Å². The van der Waals surface area contributed by atoms with Gasteiger partial charge in [-0.05, 0) is 62.7 Å². The van der Waals surface area contributed by atoms with Gasteiger partial charge in [0.25, 0.3) is 5.91 Å². The van der Waals surface area contributed by atoms with Gasteiger partial charge < -0.3 is 30.1 Å². The molecule has 2 rings (SSSR count). The highest BCUT2D eigenvalue weighted by Crippen LogP contribution is 2.31. The van der Waals surface area contributed by atoms with E-state index in [-0.39, 0.29) is 61.0 Å². The van der Waals surface area contributed by atoms with Crippen molar-refractivity contribution < 1.29 is 38.3 Å². The second-order valence-corrected chi connectivity index (χ2v) is 19.8. The van der Waals surface area contributed by atoms with Crippen molar-refractivity contribution in [3.8, 4) is 6.07 Å². The van der Waals surface area contributed by atoms with Crippen molar-refractivity contribution in [2.45, 2.75) is 220 Å². The number of likely N-dealkylation sites (N-methyl/N-ethyl adjacent to an activating group) is 3. The summed E-state index contributed by atoms with van der Waals surface area (Å²) < 4.78 is 5.81. The van der Waals surface area contributed by atoms with Gasteiger partial charge in [0.1, 0.15) is 24.2 Å². The number of Topliss-reactive ketones (excluding diaryl/α,β-unsaturated/α-hetero) is 1. The zero-order chi connectivity index (χ0) is 48.1. The van der Waals surface area contributed by atoms with Crippen molar-refractivity contribution in [2.24, 2.45) is 29.6 Å². The molecule has 1 aliphatic carbocycles. The molecule has 364 valence electrons. The summed E-state index contributed by atoms with van der Waals surface area (Å²) in [5, 5.41) is 15.4. The normalized spacial score (nSPS) is 26.8. The number of carbonyl (C=O) groups is 7. The van der Waals surface area contributed by atoms with Gasteiger partial charge in [-0.1, -0.05) is 126 Å². The van der Waals surface area contributed by atoms with Crippen LogP contribution in [-0.2, 0) is 38.3 Å². The van der Waals surface area contributed by atoms with Crippen LogP contribution in [0.1, 0.15) is 184 Å². The minimum absolute atomic E-state index is 0.00277. The van der Waals surface area contributed by atoms with Gasteiger partial charge in [0.2, 0.25) is 23.6 Å². The first-order chi connectivity index (χ1) is 30.3. The maximum atomic E-state index is 14.8. The Labute approximate surface area is 386 Å². The lowest BCUT2D eigenvalue weighted by Crippen LogP contribution is -2.57. The van der Waals surface area contributed by atoms with Gasteiger partial charge >= 0.3 is 5.97 Å². The lowest BCUT2D eigenvalue weighted by molar-refractivity contribution is -0.163. The van der Waals surface area contributed by atoms with Crippen LogP contribution in [0.5, 0.6) is 0 Å². The summed E-state index contributed by atoms with van der Waals surface area (Å²) >= 11 is 0. The second kappa shape index (κ2) is 28.8. The fourth-order valence-corrected chi connectivity index (χ4v) is 9.41. The van der Waals surface area contributed by atoms with E-state index in [2.05, 4.69) is 24.5 Å². The molecule has 1 aliphatic heterocycles. The number of ether oxygens (including phenoxy) is 1. The highest BCUT2D eigenvalue weighted by molar-refractivity contribution is 5.97. The van der Waals surface area contributed by atoms with Crippen LogP contribution in [0.4, 0.5) is 0 Å². The van der Waals surface area contributed by atoms with E-state index in [9.17, 15) is 38.8 Å². The van der Waals surface area contributed by atoms with Crippen molar-refractivity contribution >= 4 is 41.3 Å². The van der Waals surface area contributed by atoms with Crippen LogP contribution >= 0.6 is 0 Å². The third-order valence-electron chi connectivity index (χ3n) is 13.7. The van der Waals surface area contributed by atoms with E-state index in [4.69, 9.17) is 4.74 Å². The molecule has 2 N–H and O–H groups in total. The van der Waals surface area contributed by atoms with Crippen molar-refractivity contribution in [3.63, 3.8) is 0 Å². The van der Waals surface area contributed by atoms with Crippen LogP contribution in [-0.4, -0.2) is 113 Å². The SMILES string of the molecule is CCCC[C@@H](C)CC1NC(=O)[C@H](CC2CCCCC2)N(C)C(=O)[C@H](CCC)CC(=O)[C@H](CC(C)C)N(C)C(=O)[C@H](C[C@H](C)CCCC)NC(=O)[C@@H](CCC#N)OC(=O)[C@H](C)N(C)C1=O. The average molecular weight is 899 g/mol. The number of esters is 1. The molecule has 1 saturated heterocycles. The monoisotopic (exact) mass is 899 g/mol. The fraction of sp³-hybridized carbons (Fsp3) is 0.840. The van der Waals surface area contributed by atoms with Crippen LogP contribution in [0, 0.1) is 40.9 Å². The zero-order valence-corrected chi connectivity index (χ0v) is 41.5. The van der Waals surface area contributed by atoms with E-state index < -0.39 is 71.8 Å². The van der Waals surface area contributed by atoms with E-state index in [0.717, 1.165) is 70.6 Å². The van der Waals surface area contributed by atoms with Gasteiger partial charge in [-0.25, -0.2) is 4.79 Å². The molecule has 1 unspecified atom stereocenters. The predicted molar refractivity (Wildman–Crippen MR) is 249 cm³/mol. The summed E-state index contributed by atoms with van der Waals surface area (Å²) in [6.45, 7) is 15.6. The summed E-state index contributed by atoms with van der Waals surface area (Å²) in [7, 11) is 4.65. The molecular formula is C50H86N6O8. The maximum Gasteiger partial charge on any atom is 0.329 e. The third kappa shape index (κ3) is 17.8. The largest absolute Gasteiger partial charge is 0.451 e. The number of ketones is 1. The second-order valence-electron chi connectivity index (χ2n) is 19.8. The average Bonchev–Trinajstić information content (AvgIpc) is 3.27. The molecule has 2 aliphatic rings. The lowest BCUT2D eigenvalue weighted by Gasteiger charge is -2.36. The number of hydrogen-bond acceptors (Lipinski definition) is 9. The summed E-state index contributed by atoms with van der Waals surface area (Å²) in [6, 6.07) is -3.13. The van der Waals surface area contributed by atoms with Crippen molar-refractivity contribution in [1.29, 1.82) is 5.26 Å². The van der Waals surface area contributed by atoms with Crippen molar-refractivity contribution in [3.05, 3.63) is 0 Å². The quantitative estimate of drug-likeness (QED) is 0.131. The number of rotatable bonds is 18. The van der Waals surface area contributed by atoms with E-state index in [1.54, 1.807) is 14.1 Å². The Morgan fingerprint density at radius 2 is 1.22 bits per heavy atom. The number of nitrogens with zero attached hydrogens (tertiary/aromatic N) is 4. The highest BCUT2D eigenvalue weighted by Gasteiger charge is 2.41. The standard InChI is InChI=1S/C50H86N6O8/c1-12-15-22-34(6)29-39-48(61)54(9)36(8)50(63)64-44(26-20-27-51)46(59)53-40(30-35(7)23-16-13-2)49(62)55(10)41(28-33(4)5)43(57)32-38(21-14-3)47(60)56(11)42(45(58)52-39)31-37-24-18-17-19-25-37/h33-42,44H,12-26,28-32H2,1-11H3,(H,52,58)(H,53,59)/t34-,35-,36+,38-,39?,40+,41+,42+,44-/m1/s1. The first-order valence-corrected chi connectivity index (χ1v) is 24.8. The fourth-order valence-electron chi connectivity index (χ4n) is 9.41.